The van der Waals surface area contributed by atoms with E-state index in [0.29, 0.717) is 18.6 Å². The molecule has 110 valence electrons. The Hall–Kier alpha value is -2.44. The number of hydrogen-bond donors (Lipinski definition) is 1. The van der Waals surface area contributed by atoms with E-state index in [0.717, 1.165) is 25.0 Å². The van der Waals surface area contributed by atoms with Gasteiger partial charge in [-0.15, -0.1) is 0 Å². The van der Waals surface area contributed by atoms with E-state index >= 15 is 0 Å². The molecule has 5 nitrogen and oxygen atoms in total. The van der Waals surface area contributed by atoms with Crippen LogP contribution < -0.4 is 4.74 Å². The molecule has 0 spiro atoms. The van der Waals surface area contributed by atoms with Crippen LogP contribution in [0.4, 0.5) is 8.78 Å². The van der Waals surface area contributed by atoms with Crippen LogP contribution in [0.2, 0.25) is 0 Å². The second kappa shape index (κ2) is 5.16. The van der Waals surface area contributed by atoms with Gasteiger partial charge in [0.2, 0.25) is 0 Å². The van der Waals surface area contributed by atoms with Gasteiger partial charge in [0.1, 0.15) is 5.82 Å². The zero-order chi connectivity index (χ0) is 15.0. The summed E-state index contributed by atoms with van der Waals surface area (Å²) in [5, 5.41) is 12.1. The Morgan fingerprint density at radius 1 is 1.38 bits per heavy atom. The number of rotatable bonds is 5. The zero-order valence-corrected chi connectivity index (χ0v) is 10.8. The Morgan fingerprint density at radius 3 is 2.76 bits per heavy atom. The van der Waals surface area contributed by atoms with Crippen molar-refractivity contribution in [2.45, 2.75) is 12.8 Å². The average molecular weight is 295 g/mol. The van der Waals surface area contributed by atoms with Crippen LogP contribution >= 0.6 is 0 Å². The fourth-order valence-electron chi connectivity index (χ4n) is 1.88. The molecule has 1 aliphatic carbocycles. The SMILES string of the molecule is O=C(O)c1cc(-c2cc(F)cc(F)c2OCC2CC2)on1. The quantitative estimate of drug-likeness (QED) is 0.917. The Kier molecular flexibility index (Phi) is 3.32. The minimum atomic E-state index is -1.29. The predicted octanol–water partition coefficient (Wildman–Crippen LogP) is 3.11. The Labute approximate surface area is 118 Å². The first kappa shape index (κ1) is 13.5. The minimum absolute atomic E-state index is 0.00755. The molecule has 0 aliphatic heterocycles. The van der Waals surface area contributed by atoms with Crippen LogP contribution in [0.15, 0.2) is 22.7 Å². The van der Waals surface area contributed by atoms with E-state index < -0.39 is 17.6 Å². The molecule has 1 saturated carbocycles. The molecule has 2 aromatic rings. The van der Waals surface area contributed by atoms with E-state index in [1.165, 1.54) is 0 Å². The predicted molar refractivity (Wildman–Crippen MR) is 67.0 cm³/mol. The maximum Gasteiger partial charge on any atom is 0.358 e. The minimum Gasteiger partial charge on any atom is -0.489 e. The van der Waals surface area contributed by atoms with Crippen molar-refractivity contribution >= 4 is 5.97 Å². The molecule has 0 amide bonds. The van der Waals surface area contributed by atoms with E-state index in [4.69, 9.17) is 14.4 Å². The summed E-state index contributed by atoms with van der Waals surface area (Å²) in [5.74, 6) is -2.80. The smallest absolute Gasteiger partial charge is 0.358 e. The van der Waals surface area contributed by atoms with E-state index in [-0.39, 0.29) is 22.8 Å². The number of benzene rings is 1. The summed E-state index contributed by atoms with van der Waals surface area (Å²) < 4.78 is 37.5. The molecule has 1 fully saturated rings. The third-order valence-corrected chi connectivity index (χ3v) is 3.16. The number of aromatic nitrogens is 1. The molecule has 1 aliphatic rings. The lowest BCUT2D eigenvalue weighted by molar-refractivity contribution is 0.0686. The first-order valence-corrected chi connectivity index (χ1v) is 6.37. The molecule has 0 saturated heterocycles. The number of hydrogen-bond acceptors (Lipinski definition) is 4. The van der Waals surface area contributed by atoms with Gasteiger partial charge in [-0.1, -0.05) is 5.16 Å². The second-order valence-electron chi connectivity index (χ2n) is 4.90. The van der Waals surface area contributed by atoms with E-state index in [2.05, 4.69) is 5.16 Å². The van der Waals surface area contributed by atoms with Crippen molar-refractivity contribution in [1.82, 2.24) is 5.16 Å². The number of nitrogens with zero attached hydrogens (tertiary/aromatic N) is 1. The molecular formula is C14H11F2NO4. The second-order valence-corrected chi connectivity index (χ2v) is 4.90. The normalized spacial score (nSPS) is 14.2. The van der Waals surface area contributed by atoms with Gasteiger partial charge in [-0.2, -0.15) is 0 Å². The van der Waals surface area contributed by atoms with Gasteiger partial charge >= 0.3 is 5.97 Å². The van der Waals surface area contributed by atoms with Crippen LogP contribution in [-0.4, -0.2) is 22.8 Å². The fourth-order valence-corrected chi connectivity index (χ4v) is 1.88. The molecule has 0 radical (unpaired) electrons. The van der Waals surface area contributed by atoms with E-state index in [9.17, 15) is 13.6 Å². The maximum absolute atomic E-state index is 13.9. The summed E-state index contributed by atoms with van der Waals surface area (Å²) >= 11 is 0. The lowest BCUT2D eigenvalue weighted by atomic mass is 10.1. The van der Waals surface area contributed by atoms with Crippen molar-refractivity contribution in [3.63, 3.8) is 0 Å². The first-order valence-electron chi connectivity index (χ1n) is 6.37. The van der Waals surface area contributed by atoms with Gasteiger partial charge < -0.3 is 14.4 Å². The molecule has 7 heteroatoms. The van der Waals surface area contributed by atoms with Crippen molar-refractivity contribution in [1.29, 1.82) is 0 Å². The van der Waals surface area contributed by atoms with Crippen LogP contribution in [0.25, 0.3) is 11.3 Å². The van der Waals surface area contributed by atoms with Crippen molar-refractivity contribution in [2.24, 2.45) is 5.92 Å². The molecule has 1 aromatic heterocycles. The maximum atomic E-state index is 13.9. The molecule has 1 heterocycles. The molecule has 0 unspecified atom stereocenters. The average Bonchev–Trinajstić information content (AvgIpc) is 3.11. The van der Waals surface area contributed by atoms with Crippen LogP contribution in [0.1, 0.15) is 23.3 Å². The topological polar surface area (TPSA) is 72.6 Å². The lowest BCUT2D eigenvalue weighted by Crippen LogP contribution is -2.03. The molecular weight excluding hydrogens is 284 g/mol. The van der Waals surface area contributed by atoms with Gasteiger partial charge in [0, 0.05) is 12.1 Å². The number of carboxylic acid groups (broad SMARTS) is 1. The van der Waals surface area contributed by atoms with Crippen molar-refractivity contribution in [2.75, 3.05) is 6.61 Å². The third kappa shape index (κ3) is 2.86. The van der Waals surface area contributed by atoms with Crippen LogP contribution in [-0.2, 0) is 0 Å². The number of aromatic carboxylic acids is 1. The number of carboxylic acids is 1. The molecule has 1 N–H and O–H groups in total. The van der Waals surface area contributed by atoms with Gasteiger partial charge in [-0.3, -0.25) is 0 Å². The van der Waals surface area contributed by atoms with Crippen molar-refractivity contribution in [3.05, 3.63) is 35.5 Å². The van der Waals surface area contributed by atoms with Gasteiger partial charge in [0.25, 0.3) is 0 Å². The van der Waals surface area contributed by atoms with Crippen LogP contribution in [0, 0.1) is 17.6 Å². The molecule has 21 heavy (non-hydrogen) atoms. The third-order valence-electron chi connectivity index (χ3n) is 3.16. The van der Waals surface area contributed by atoms with Gasteiger partial charge in [-0.25, -0.2) is 13.6 Å². The summed E-state index contributed by atoms with van der Waals surface area (Å²) in [6, 6.07) is 2.83. The first-order chi connectivity index (χ1) is 10.0. The molecule has 0 bridgehead atoms. The zero-order valence-electron chi connectivity index (χ0n) is 10.8. The molecule has 1 aromatic carbocycles. The number of ether oxygens (including phenoxy) is 1. The highest BCUT2D eigenvalue weighted by molar-refractivity contribution is 5.86. The van der Waals surface area contributed by atoms with E-state index in [1.54, 1.807) is 0 Å². The largest absolute Gasteiger partial charge is 0.489 e. The monoisotopic (exact) mass is 295 g/mol. The summed E-state index contributed by atoms with van der Waals surface area (Å²) in [4.78, 5) is 10.8. The van der Waals surface area contributed by atoms with Gasteiger partial charge in [-0.05, 0) is 24.8 Å². The summed E-state index contributed by atoms with van der Waals surface area (Å²) in [6.07, 6.45) is 2.03. The Bertz CT molecular complexity index is 694. The lowest BCUT2D eigenvalue weighted by Gasteiger charge is -2.10. The standard InChI is InChI=1S/C14H11F2NO4/c15-8-3-9(12-5-11(14(18)19)17-21-12)13(10(16)4-8)20-6-7-1-2-7/h3-5,7H,1-2,6H2,(H,18,19). The highest BCUT2D eigenvalue weighted by Gasteiger charge is 2.25. The fraction of sp³-hybridized carbons (Fsp3) is 0.286. The summed E-state index contributed by atoms with van der Waals surface area (Å²) in [5.41, 5.74) is -0.337. The van der Waals surface area contributed by atoms with Crippen LogP contribution in [0.3, 0.4) is 0 Å². The van der Waals surface area contributed by atoms with Gasteiger partial charge in [0.15, 0.2) is 23.0 Å². The van der Waals surface area contributed by atoms with Gasteiger partial charge in [0.05, 0.1) is 12.2 Å². The Morgan fingerprint density at radius 2 is 2.14 bits per heavy atom. The molecule has 0 atom stereocenters. The van der Waals surface area contributed by atoms with Crippen molar-refractivity contribution < 1.29 is 27.9 Å². The van der Waals surface area contributed by atoms with Crippen LogP contribution in [0.5, 0.6) is 5.75 Å². The van der Waals surface area contributed by atoms with E-state index in [1.807, 2.05) is 0 Å². The number of halogens is 2. The summed E-state index contributed by atoms with van der Waals surface area (Å²) in [6.45, 7) is 0.329. The molecule has 3 rings (SSSR count). The van der Waals surface area contributed by atoms with Crippen molar-refractivity contribution in [3.8, 4) is 17.1 Å². The summed E-state index contributed by atoms with van der Waals surface area (Å²) in [7, 11) is 0. The Balaban J connectivity index is 1.99. The number of carbonyl (C=O) groups is 1. The highest BCUT2D eigenvalue weighted by atomic mass is 19.1. The highest BCUT2D eigenvalue weighted by Crippen LogP contribution is 2.36.